The van der Waals surface area contributed by atoms with E-state index in [-0.39, 0.29) is 13.2 Å². The van der Waals surface area contributed by atoms with Crippen molar-refractivity contribution in [1.82, 2.24) is 0 Å². The van der Waals surface area contributed by atoms with Crippen LogP contribution in [0.4, 0.5) is 5.69 Å². The van der Waals surface area contributed by atoms with Crippen molar-refractivity contribution < 1.29 is 23.8 Å². The molecule has 2 atom stereocenters. The van der Waals surface area contributed by atoms with Gasteiger partial charge in [0.1, 0.15) is 24.7 Å². The fraction of sp³-hybridized carbons (Fsp3) is 0.179. The number of para-hydroxylation sites is 3. The van der Waals surface area contributed by atoms with E-state index in [1.807, 2.05) is 66.7 Å². The smallest absolute Gasteiger partial charge is 0.321 e. The Labute approximate surface area is 204 Å². The molecule has 0 radical (unpaired) electrons. The molecular formula is C28H26N2O5. The molecule has 1 aliphatic rings. The Hall–Kier alpha value is -4.39. The number of ether oxygens (including phenoxy) is 3. The highest BCUT2D eigenvalue weighted by atomic mass is 16.5. The molecule has 7 heteroatoms. The Kier molecular flexibility index (Phi) is 7.57. The molecule has 0 aliphatic carbocycles. The number of dihydropyridines is 1. The summed E-state index contributed by atoms with van der Waals surface area (Å²) >= 11 is 0. The van der Waals surface area contributed by atoms with Gasteiger partial charge in [0.15, 0.2) is 11.5 Å². The molecule has 178 valence electrons. The van der Waals surface area contributed by atoms with Crippen LogP contribution in [-0.2, 0) is 14.3 Å². The Morgan fingerprint density at radius 3 is 2.03 bits per heavy atom. The summed E-state index contributed by atoms with van der Waals surface area (Å²) < 4.78 is 17.0. The molecule has 4 rings (SSSR count). The molecular weight excluding hydrogens is 444 g/mol. The molecule has 0 saturated heterocycles. The Morgan fingerprint density at radius 2 is 1.43 bits per heavy atom. The Balaban J connectivity index is 1.65. The van der Waals surface area contributed by atoms with Crippen LogP contribution in [0.2, 0.25) is 0 Å². The number of carbonyl (C=O) groups excluding carboxylic acids is 2. The second-order valence-electron chi connectivity index (χ2n) is 7.99. The van der Waals surface area contributed by atoms with Crippen molar-refractivity contribution in [3.05, 3.63) is 103 Å². The topological polar surface area (TPSA) is 86.2 Å². The van der Waals surface area contributed by atoms with Crippen LogP contribution >= 0.6 is 0 Å². The fourth-order valence-electron chi connectivity index (χ4n) is 3.81. The maximum atomic E-state index is 13.4. The first-order valence-electron chi connectivity index (χ1n) is 11.2. The van der Waals surface area contributed by atoms with Gasteiger partial charge in [-0.15, -0.1) is 0 Å². The highest BCUT2D eigenvalue weighted by molar-refractivity contribution is 6.03. The number of amides is 1. The highest BCUT2D eigenvalue weighted by Gasteiger charge is 2.51. The van der Waals surface area contributed by atoms with Gasteiger partial charge >= 0.3 is 5.97 Å². The minimum Gasteiger partial charge on any atom is -0.492 e. The zero-order chi connectivity index (χ0) is 24.5. The van der Waals surface area contributed by atoms with Crippen LogP contribution in [0.3, 0.4) is 0 Å². The summed E-state index contributed by atoms with van der Waals surface area (Å²) in [5.74, 6) is 0.155. The summed E-state index contributed by atoms with van der Waals surface area (Å²) in [4.78, 5) is 31.1. The van der Waals surface area contributed by atoms with Gasteiger partial charge in [-0.3, -0.25) is 14.6 Å². The van der Waals surface area contributed by atoms with Gasteiger partial charge < -0.3 is 19.5 Å². The standard InChI is InChI=1S/C28H26N2O5/c1-33-27(32)28(20-35-24-15-9-4-10-16-24)17-21(19-34-23-13-7-3-8-14-23)18-29-25(28)26(31)30-22-11-5-2-6-12-22/h2-18,25H,19-20H2,1H3,(H,30,31). The molecule has 0 spiro atoms. The highest BCUT2D eigenvalue weighted by Crippen LogP contribution is 2.35. The number of hydrogen-bond acceptors (Lipinski definition) is 6. The predicted octanol–water partition coefficient (Wildman–Crippen LogP) is 4.32. The summed E-state index contributed by atoms with van der Waals surface area (Å²) in [5.41, 5.74) is -0.287. The molecule has 2 unspecified atom stereocenters. The van der Waals surface area contributed by atoms with Crippen molar-refractivity contribution in [2.24, 2.45) is 10.4 Å². The quantitative estimate of drug-likeness (QED) is 0.471. The Morgan fingerprint density at radius 1 is 0.857 bits per heavy atom. The van der Waals surface area contributed by atoms with Crippen molar-refractivity contribution >= 4 is 23.8 Å². The van der Waals surface area contributed by atoms with Gasteiger partial charge in [-0.2, -0.15) is 0 Å². The first kappa shape index (κ1) is 23.8. The SMILES string of the molecule is COC(=O)C1(COc2ccccc2)C=C(COc2ccccc2)C=NC1C(=O)Nc1ccccc1. The minimum absolute atomic E-state index is 0.150. The number of benzene rings is 3. The van der Waals surface area contributed by atoms with Crippen LogP contribution in [0, 0.1) is 5.41 Å². The predicted molar refractivity (Wildman–Crippen MR) is 134 cm³/mol. The van der Waals surface area contributed by atoms with E-state index in [1.54, 1.807) is 36.6 Å². The van der Waals surface area contributed by atoms with Crippen molar-refractivity contribution in [2.75, 3.05) is 25.6 Å². The lowest BCUT2D eigenvalue weighted by atomic mass is 9.77. The summed E-state index contributed by atoms with van der Waals surface area (Å²) in [6, 6.07) is 26.3. The van der Waals surface area contributed by atoms with Crippen LogP contribution in [0.15, 0.2) is 108 Å². The molecule has 3 aromatic rings. The minimum atomic E-state index is -1.51. The van der Waals surface area contributed by atoms with Gasteiger partial charge in [0.2, 0.25) is 0 Å². The van der Waals surface area contributed by atoms with E-state index in [0.717, 1.165) is 0 Å². The van der Waals surface area contributed by atoms with Gasteiger partial charge in [-0.05, 0) is 36.4 Å². The second kappa shape index (κ2) is 11.2. The molecule has 0 aromatic heterocycles. The van der Waals surface area contributed by atoms with Crippen molar-refractivity contribution in [2.45, 2.75) is 6.04 Å². The molecule has 0 bridgehead atoms. The number of methoxy groups -OCH3 is 1. The lowest BCUT2D eigenvalue weighted by molar-refractivity contribution is -0.154. The number of anilines is 1. The van der Waals surface area contributed by atoms with Crippen LogP contribution in [0.1, 0.15) is 0 Å². The maximum absolute atomic E-state index is 13.4. The molecule has 1 heterocycles. The summed E-state index contributed by atoms with van der Waals surface area (Å²) in [6.07, 6.45) is 3.23. The van der Waals surface area contributed by atoms with E-state index in [4.69, 9.17) is 14.2 Å². The molecule has 1 aliphatic heterocycles. The van der Waals surface area contributed by atoms with E-state index in [0.29, 0.717) is 22.8 Å². The molecule has 1 amide bonds. The molecule has 0 saturated carbocycles. The van der Waals surface area contributed by atoms with Gasteiger partial charge in [-0.1, -0.05) is 60.7 Å². The molecule has 35 heavy (non-hydrogen) atoms. The largest absolute Gasteiger partial charge is 0.492 e. The lowest BCUT2D eigenvalue weighted by Gasteiger charge is -2.35. The number of esters is 1. The fourth-order valence-corrected chi connectivity index (χ4v) is 3.81. The third kappa shape index (κ3) is 5.76. The number of aliphatic imine (C=N–C) groups is 1. The van der Waals surface area contributed by atoms with E-state index in [1.165, 1.54) is 7.11 Å². The van der Waals surface area contributed by atoms with E-state index in [9.17, 15) is 9.59 Å². The average Bonchev–Trinajstić information content (AvgIpc) is 2.92. The summed E-state index contributed by atoms with van der Waals surface area (Å²) in [6.45, 7) is 0.00730. The van der Waals surface area contributed by atoms with Crippen molar-refractivity contribution in [3.63, 3.8) is 0 Å². The number of rotatable bonds is 9. The molecule has 1 N–H and O–H groups in total. The molecule has 3 aromatic carbocycles. The number of carbonyl (C=O) groups is 2. The van der Waals surface area contributed by atoms with Gasteiger partial charge in [-0.25, -0.2) is 0 Å². The average molecular weight is 471 g/mol. The zero-order valence-electron chi connectivity index (χ0n) is 19.3. The van der Waals surface area contributed by atoms with Gasteiger partial charge in [0.05, 0.1) is 7.11 Å². The van der Waals surface area contributed by atoms with Gasteiger partial charge in [0.25, 0.3) is 5.91 Å². The monoisotopic (exact) mass is 470 g/mol. The molecule has 0 fully saturated rings. The molecule has 7 nitrogen and oxygen atoms in total. The van der Waals surface area contributed by atoms with E-state index in [2.05, 4.69) is 10.3 Å². The first-order valence-corrected chi connectivity index (χ1v) is 11.2. The van der Waals surface area contributed by atoms with Crippen molar-refractivity contribution in [1.29, 1.82) is 0 Å². The first-order chi connectivity index (χ1) is 17.1. The summed E-state index contributed by atoms with van der Waals surface area (Å²) in [5, 5.41) is 2.84. The van der Waals surface area contributed by atoms with Crippen LogP contribution in [0.5, 0.6) is 11.5 Å². The number of hydrogen-bond donors (Lipinski definition) is 1. The maximum Gasteiger partial charge on any atom is 0.321 e. The van der Waals surface area contributed by atoms with Crippen molar-refractivity contribution in [3.8, 4) is 11.5 Å². The van der Waals surface area contributed by atoms with Crippen LogP contribution in [-0.4, -0.2) is 44.5 Å². The third-order valence-electron chi connectivity index (χ3n) is 5.55. The van der Waals surface area contributed by atoms with Crippen LogP contribution < -0.4 is 14.8 Å². The van der Waals surface area contributed by atoms with E-state index < -0.39 is 23.3 Å². The lowest BCUT2D eigenvalue weighted by Crippen LogP contribution is -2.52. The van der Waals surface area contributed by atoms with Gasteiger partial charge in [0, 0.05) is 17.5 Å². The third-order valence-corrected chi connectivity index (χ3v) is 5.55. The van der Waals surface area contributed by atoms with Crippen LogP contribution in [0.25, 0.3) is 0 Å². The number of nitrogens with one attached hydrogen (secondary N) is 1. The zero-order valence-corrected chi connectivity index (χ0v) is 19.3. The normalized spacial score (nSPS) is 18.8. The number of nitrogens with zero attached hydrogens (tertiary/aromatic N) is 1. The van der Waals surface area contributed by atoms with E-state index >= 15 is 0 Å². The summed E-state index contributed by atoms with van der Waals surface area (Å²) in [7, 11) is 1.28. The second-order valence-corrected chi connectivity index (χ2v) is 7.99. The Bertz CT molecular complexity index is 1200.